The van der Waals surface area contributed by atoms with Crippen molar-refractivity contribution in [2.24, 2.45) is 0 Å². The molecule has 0 saturated heterocycles. The highest BCUT2D eigenvalue weighted by Crippen LogP contribution is 2.30. The number of rotatable bonds is 1. The first-order valence-corrected chi connectivity index (χ1v) is 6.70. The predicted octanol–water partition coefficient (Wildman–Crippen LogP) is 5.05. The van der Waals surface area contributed by atoms with Gasteiger partial charge in [-0.05, 0) is 42.8 Å². The molecule has 0 aliphatic heterocycles. The van der Waals surface area contributed by atoms with E-state index in [4.69, 9.17) is 23.2 Å². The van der Waals surface area contributed by atoms with Crippen LogP contribution in [0, 0.1) is 12.7 Å². The molecule has 0 amide bonds. The summed E-state index contributed by atoms with van der Waals surface area (Å²) in [5.74, 6) is 0.191. The molecule has 5 heteroatoms. The lowest BCUT2D eigenvalue weighted by molar-refractivity contribution is 0.618. The Morgan fingerprint density at radius 2 is 1.85 bits per heavy atom. The normalized spacial score (nSPS) is 11.0. The fourth-order valence-electron chi connectivity index (χ4n) is 2.01. The van der Waals surface area contributed by atoms with E-state index in [0.29, 0.717) is 32.9 Å². The Morgan fingerprint density at radius 3 is 2.60 bits per heavy atom. The Hall–Kier alpha value is -1.71. The summed E-state index contributed by atoms with van der Waals surface area (Å²) in [6, 6.07) is 10.1. The van der Waals surface area contributed by atoms with Crippen LogP contribution in [0.3, 0.4) is 0 Å². The number of fused-ring (bicyclic) bond motifs is 1. The second-order valence-electron chi connectivity index (χ2n) is 4.44. The van der Waals surface area contributed by atoms with Crippen molar-refractivity contribution >= 4 is 34.1 Å². The zero-order valence-electron chi connectivity index (χ0n) is 10.5. The van der Waals surface area contributed by atoms with Gasteiger partial charge in [0.05, 0.1) is 15.9 Å². The van der Waals surface area contributed by atoms with Gasteiger partial charge in [-0.15, -0.1) is 0 Å². The number of benzene rings is 2. The lowest BCUT2D eigenvalue weighted by Gasteiger charge is -2.07. The van der Waals surface area contributed by atoms with E-state index in [2.05, 4.69) is 9.97 Å². The van der Waals surface area contributed by atoms with Gasteiger partial charge in [-0.25, -0.2) is 14.4 Å². The molecule has 0 spiro atoms. The first-order chi connectivity index (χ1) is 9.56. The van der Waals surface area contributed by atoms with Gasteiger partial charge in [0, 0.05) is 5.56 Å². The van der Waals surface area contributed by atoms with Crippen LogP contribution in [0.1, 0.15) is 5.56 Å². The summed E-state index contributed by atoms with van der Waals surface area (Å²) in [5, 5.41) is 1.42. The Bertz CT molecular complexity index is 818. The average molecular weight is 307 g/mol. The monoisotopic (exact) mass is 306 g/mol. The summed E-state index contributed by atoms with van der Waals surface area (Å²) in [4.78, 5) is 8.69. The Labute approximate surface area is 125 Å². The molecule has 0 fully saturated rings. The predicted molar refractivity (Wildman–Crippen MR) is 79.7 cm³/mol. The molecular formula is C15H9Cl2FN2. The zero-order chi connectivity index (χ0) is 14.3. The van der Waals surface area contributed by atoms with Crippen LogP contribution in [0.4, 0.5) is 4.39 Å². The summed E-state index contributed by atoms with van der Waals surface area (Å²) in [7, 11) is 0. The molecule has 100 valence electrons. The van der Waals surface area contributed by atoms with Crippen molar-refractivity contribution in [1.29, 1.82) is 0 Å². The molecule has 0 atom stereocenters. The van der Waals surface area contributed by atoms with Crippen LogP contribution >= 0.6 is 23.2 Å². The standard InChI is InChI=1S/C15H9Cl2FN2/c1-8-7-9(5-6-11(8)18)15-19-12-4-2-3-10(16)13(12)14(17)20-15/h2-7H,1H3. The molecular weight excluding hydrogens is 298 g/mol. The molecule has 0 aliphatic carbocycles. The first-order valence-electron chi connectivity index (χ1n) is 5.94. The molecule has 2 aromatic carbocycles. The van der Waals surface area contributed by atoms with Crippen LogP contribution in [0.5, 0.6) is 0 Å². The van der Waals surface area contributed by atoms with Gasteiger partial charge in [-0.1, -0.05) is 29.3 Å². The third-order valence-electron chi connectivity index (χ3n) is 3.04. The first kappa shape index (κ1) is 13.3. The second-order valence-corrected chi connectivity index (χ2v) is 5.20. The molecule has 0 aliphatic rings. The third-order valence-corrected chi connectivity index (χ3v) is 3.63. The van der Waals surface area contributed by atoms with E-state index in [9.17, 15) is 4.39 Å². The topological polar surface area (TPSA) is 25.8 Å². The minimum atomic E-state index is -0.260. The smallest absolute Gasteiger partial charge is 0.161 e. The van der Waals surface area contributed by atoms with Gasteiger partial charge in [-0.3, -0.25) is 0 Å². The molecule has 1 heterocycles. The summed E-state index contributed by atoms with van der Waals surface area (Å²) in [5.41, 5.74) is 1.91. The van der Waals surface area contributed by atoms with Crippen LogP contribution in [-0.4, -0.2) is 9.97 Å². The highest BCUT2D eigenvalue weighted by Gasteiger charge is 2.11. The number of nitrogens with zero attached hydrogens (tertiary/aromatic N) is 2. The van der Waals surface area contributed by atoms with Crippen molar-refractivity contribution < 1.29 is 4.39 Å². The average Bonchev–Trinajstić information content (AvgIpc) is 2.41. The minimum Gasteiger partial charge on any atom is -0.228 e. The summed E-state index contributed by atoms with van der Waals surface area (Å²) in [6.45, 7) is 1.69. The molecule has 0 saturated carbocycles. The Morgan fingerprint density at radius 1 is 1.05 bits per heavy atom. The summed E-state index contributed by atoms with van der Waals surface area (Å²) in [6.07, 6.45) is 0. The van der Waals surface area contributed by atoms with Gasteiger partial charge >= 0.3 is 0 Å². The maximum absolute atomic E-state index is 13.3. The molecule has 0 N–H and O–H groups in total. The van der Waals surface area contributed by atoms with Gasteiger partial charge in [0.25, 0.3) is 0 Å². The van der Waals surface area contributed by atoms with Crippen molar-refractivity contribution in [3.63, 3.8) is 0 Å². The molecule has 20 heavy (non-hydrogen) atoms. The van der Waals surface area contributed by atoms with E-state index >= 15 is 0 Å². The molecule has 3 rings (SSSR count). The molecule has 0 bridgehead atoms. The van der Waals surface area contributed by atoms with Gasteiger partial charge in [-0.2, -0.15) is 0 Å². The van der Waals surface area contributed by atoms with E-state index < -0.39 is 0 Å². The molecule has 1 aromatic heterocycles. The van der Waals surface area contributed by atoms with Crippen LogP contribution < -0.4 is 0 Å². The molecule has 0 radical (unpaired) electrons. The van der Waals surface area contributed by atoms with Crippen LogP contribution in [0.2, 0.25) is 10.2 Å². The van der Waals surface area contributed by atoms with Crippen molar-refractivity contribution in [1.82, 2.24) is 9.97 Å². The van der Waals surface area contributed by atoms with Crippen molar-refractivity contribution in [2.75, 3.05) is 0 Å². The molecule has 3 aromatic rings. The van der Waals surface area contributed by atoms with Crippen molar-refractivity contribution in [3.8, 4) is 11.4 Å². The third kappa shape index (κ3) is 2.23. The summed E-state index contributed by atoms with van der Waals surface area (Å²) >= 11 is 12.3. The molecule has 2 nitrogen and oxygen atoms in total. The fraction of sp³-hybridized carbons (Fsp3) is 0.0667. The number of aromatic nitrogens is 2. The maximum Gasteiger partial charge on any atom is 0.161 e. The largest absolute Gasteiger partial charge is 0.228 e. The number of hydrogen-bond acceptors (Lipinski definition) is 2. The number of halogens is 3. The van der Waals surface area contributed by atoms with Gasteiger partial charge in [0.15, 0.2) is 5.82 Å². The lowest BCUT2D eigenvalue weighted by Crippen LogP contribution is -1.93. The van der Waals surface area contributed by atoms with Gasteiger partial charge in [0.1, 0.15) is 11.0 Å². The van der Waals surface area contributed by atoms with Crippen LogP contribution in [-0.2, 0) is 0 Å². The Balaban J connectivity index is 2.25. The van der Waals surface area contributed by atoms with Gasteiger partial charge in [0.2, 0.25) is 0 Å². The Kier molecular flexibility index (Phi) is 3.32. The van der Waals surface area contributed by atoms with E-state index in [-0.39, 0.29) is 11.0 Å². The number of hydrogen-bond donors (Lipinski definition) is 0. The van der Waals surface area contributed by atoms with E-state index in [1.807, 2.05) is 6.07 Å². The van der Waals surface area contributed by atoms with Crippen molar-refractivity contribution in [2.45, 2.75) is 6.92 Å². The van der Waals surface area contributed by atoms with E-state index in [1.165, 1.54) is 6.07 Å². The highest BCUT2D eigenvalue weighted by molar-refractivity contribution is 6.41. The van der Waals surface area contributed by atoms with E-state index in [1.54, 1.807) is 31.2 Å². The van der Waals surface area contributed by atoms with Gasteiger partial charge < -0.3 is 0 Å². The van der Waals surface area contributed by atoms with Crippen LogP contribution in [0.15, 0.2) is 36.4 Å². The lowest BCUT2D eigenvalue weighted by atomic mass is 10.1. The van der Waals surface area contributed by atoms with E-state index in [0.717, 1.165) is 0 Å². The summed E-state index contributed by atoms with van der Waals surface area (Å²) < 4.78 is 13.3. The highest BCUT2D eigenvalue weighted by atomic mass is 35.5. The van der Waals surface area contributed by atoms with Crippen molar-refractivity contribution in [3.05, 3.63) is 58.0 Å². The fourth-order valence-corrected chi connectivity index (χ4v) is 2.60. The van der Waals surface area contributed by atoms with Crippen LogP contribution in [0.25, 0.3) is 22.3 Å². The SMILES string of the molecule is Cc1cc(-c2nc(Cl)c3c(Cl)cccc3n2)ccc1F. The number of aryl methyl sites for hydroxylation is 1. The molecule has 0 unspecified atom stereocenters. The zero-order valence-corrected chi connectivity index (χ0v) is 12.0. The maximum atomic E-state index is 13.3. The minimum absolute atomic E-state index is 0.260. The second kappa shape index (κ2) is 5.00. The quantitative estimate of drug-likeness (QED) is 0.588.